The smallest absolute Gasteiger partial charge is 0.0791 e. The van der Waals surface area contributed by atoms with Gasteiger partial charge in [0, 0.05) is 13.7 Å². The molecule has 2 atom stereocenters. The van der Waals surface area contributed by atoms with E-state index >= 15 is 0 Å². The molecule has 3 N–H and O–H groups in total. The Bertz CT molecular complexity index is 282. The van der Waals surface area contributed by atoms with Crippen molar-refractivity contribution in [1.29, 1.82) is 0 Å². The summed E-state index contributed by atoms with van der Waals surface area (Å²) in [5, 5.41) is 0. The second kappa shape index (κ2) is 6.08. The summed E-state index contributed by atoms with van der Waals surface area (Å²) in [6.07, 6.45) is 8.60. The van der Waals surface area contributed by atoms with Crippen LogP contribution in [0.4, 0.5) is 0 Å². The van der Waals surface area contributed by atoms with Crippen molar-refractivity contribution in [3.05, 3.63) is 0 Å². The van der Waals surface area contributed by atoms with E-state index in [0.29, 0.717) is 5.92 Å². The number of ether oxygens (including phenoxy) is 2. The summed E-state index contributed by atoms with van der Waals surface area (Å²) < 4.78 is 11.8. The molecule has 1 aliphatic heterocycles. The van der Waals surface area contributed by atoms with Crippen molar-refractivity contribution in [3.63, 3.8) is 0 Å². The van der Waals surface area contributed by atoms with Crippen LogP contribution in [0.3, 0.4) is 0 Å². The fourth-order valence-corrected chi connectivity index (χ4v) is 3.93. The van der Waals surface area contributed by atoms with E-state index in [1.165, 1.54) is 32.1 Å². The van der Waals surface area contributed by atoms with Crippen LogP contribution in [-0.4, -0.2) is 31.0 Å². The zero-order valence-electron chi connectivity index (χ0n) is 12.7. The number of hydrogen-bond donors (Lipinski definition) is 2. The van der Waals surface area contributed by atoms with Gasteiger partial charge in [-0.3, -0.25) is 11.3 Å². The third kappa shape index (κ3) is 3.30. The fraction of sp³-hybridized carbons (Fsp3) is 1.00. The van der Waals surface area contributed by atoms with Crippen LogP contribution in [0.15, 0.2) is 0 Å². The number of hydrazine groups is 1. The highest BCUT2D eigenvalue weighted by Gasteiger charge is 2.44. The average Bonchev–Trinajstić information content (AvgIpc) is 2.40. The van der Waals surface area contributed by atoms with Crippen LogP contribution in [-0.2, 0) is 9.47 Å². The lowest BCUT2D eigenvalue weighted by atomic mass is 9.71. The molecule has 2 rings (SSSR count). The Morgan fingerprint density at radius 1 is 1.32 bits per heavy atom. The molecule has 1 heterocycles. The van der Waals surface area contributed by atoms with E-state index in [9.17, 15) is 0 Å². The zero-order chi connectivity index (χ0) is 13.9. The third-order valence-electron chi connectivity index (χ3n) is 5.22. The second-order valence-corrected chi connectivity index (χ2v) is 6.80. The minimum absolute atomic E-state index is 0.125. The topological polar surface area (TPSA) is 56.5 Å². The minimum Gasteiger partial charge on any atom is -0.377 e. The Morgan fingerprint density at radius 2 is 2.00 bits per heavy atom. The van der Waals surface area contributed by atoms with E-state index in [-0.39, 0.29) is 17.2 Å². The van der Waals surface area contributed by atoms with Gasteiger partial charge < -0.3 is 9.47 Å². The maximum absolute atomic E-state index is 6.17. The first-order valence-electron chi connectivity index (χ1n) is 7.68. The molecule has 0 aromatic carbocycles. The SMILES string of the molecule is COC(C)(C)C(NN)C1CCOC2(CCCCC2)C1. The van der Waals surface area contributed by atoms with Gasteiger partial charge in [-0.05, 0) is 45.4 Å². The van der Waals surface area contributed by atoms with Crippen LogP contribution in [0.1, 0.15) is 58.8 Å². The summed E-state index contributed by atoms with van der Waals surface area (Å²) in [5.41, 5.74) is 2.89. The lowest BCUT2D eigenvalue weighted by Crippen LogP contribution is -2.58. The predicted octanol–water partition coefficient (Wildman–Crippen LogP) is 2.37. The van der Waals surface area contributed by atoms with Gasteiger partial charge in [-0.1, -0.05) is 19.3 Å². The molecule has 112 valence electrons. The van der Waals surface area contributed by atoms with Crippen LogP contribution in [0, 0.1) is 5.92 Å². The summed E-state index contributed by atoms with van der Waals surface area (Å²) in [5.74, 6) is 6.35. The lowest BCUT2D eigenvalue weighted by molar-refractivity contribution is -0.136. The molecule has 2 fully saturated rings. The Labute approximate surface area is 117 Å². The third-order valence-corrected chi connectivity index (χ3v) is 5.22. The van der Waals surface area contributed by atoms with Crippen LogP contribution < -0.4 is 11.3 Å². The number of hydrogen-bond acceptors (Lipinski definition) is 4. The van der Waals surface area contributed by atoms with E-state index in [1.807, 2.05) is 0 Å². The molecule has 0 aromatic rings. The fourth-order valence-electron chi connectivity index (χ4n) is 3.93. The molecule has 2 aliphatic rings. The first kappa shape index (κ1) is 15.2. The van der Waals surface area contributed by atoms with Crippen molar-refractivity contribution in [2.75, 3.05) is 13.7 Å². The Balaban J connectivity index is 2.07. The summed E-state index contributed by atoms with van der Waals surface area (Å²) in [7, 11) is 1.76. The summed E-state index contributed by atoms with van der Waals surface area (Å²) >= 11 is 0. The molecule has 1 saturated heterocycles. The molecule has 1 saturated carbocycles. The van der Waals surface area contributed by atoms with Gasteiger partial charge in [0.15, 0.2) is 0 Å². The second-order valence-electron chi connectivity index (χ2n) is 6.80. The Kier molecular flexibility index (Phi) is 4.88. The van der Waals surface area contributed by atoms with E-state index in [2.05, 4.69) is 19.3 Å². The largest absolute Gasteiger partial charge is 0.377 e. The van der Waals surface area contributed by atoms with Crippen molar-refractivity contribution in [1.82, 2.24) is 5.43 Å². The highest BCUT2D eigenvalue weighted by atomic mass is 16.5. The van der Waals surface area contributed by atoms with Crippen molar-refractivity contribution >= 4 is 0 Å². The Morgan fingerprint density at radius 3 is 2.58 bits per heavy atom. The molecule has 1 spiro atoms. The minimum atomic E-state index is -0.243. The molecule has 4 heteroatoms. The molecule has 0 amide bonds. The standard InChI is InChI=1S/C15H30N2O2/c1-14(2,18-3)13(17-16)12-7-10-19-15(11-12)8-5-4-6-9-15/h12-13,17H,4-11,16H2,1-3H3. The number of nitrogens with two attached hydrogens (primary N) is 1. The highest BCUT2D eigenvalue weighted by Crippen LogP contribution is 2.42. The van der Waals surface area contributed by atoms with Crippen molar-refractivity contribution in [2.45, 2.75) is 76.0 Å². The van der Waals surface area contributed by atoms with Gasteiger partial charge >= 0.3 is 0 Å². The average molecular weight is 270 g/mol. The summed E-state index contributed by atoms with van der Waals surface area (Å²) in [4.78, 5) is 0. The molecular weight excluding hydrogens is 240 g/mol. The first-order valence-corrected chi connectivity index (χ1v) is 7.68. The van der Waals surface area contributed by atoms with Crippen LogP contribution >= 0.6 is 0 Å². The van der Waals surface area contributed by atoms with Crippen molar-refractivity contribution in [2.24, 2.45) is 11.8 Å². The van der Waals surface area contributed by atoms with E-state index in [1.54, 1.807) is 7.11 Å². The van der Waals surface area contributed by atoms with Crippen LogP contribution in [0.2, 0.25) is 0 Å². The predicted molar refractivity (Wildman–Crippen MR) is 76.7 cm³/mol. The molecule has 0 bridgehead atoms. The molecule has 0 aromatic heterocycles. The Hall–Kier alpha value is -0.160. The highest BCUT2D eigenvalue weighted by molar-refractivity contribution is 4.97. The molecule has 0 radical (unpaired) electrons. The molecule has 1 aliphatic carbocycles. The number of methoxy groups -OCH3 is 1. The van der Waals surface area contributed by atoms with Crippen molar-refractivity contribution < 1.29 is 9.47 Å². The van der Waals surface area contributed by atoms with E-state index < -0.39 is 0 Å². The van der Waals surface area contributed by atoms with Crippen LogP contribution in [0.25, 0.3) is 0 Å². The molecule has 4 nitrogen and oxygen atoms in total. The summed E-state index contributed by atoms with van der Waals surface area (Å²) in [6.45, 7) is 5.09. The van der Waals surface area contributed by atoms with Gasteiger partial charge in [-0.2, -0.15) is 0 Å². The van der Waals surface area contributed by atoms with Gasteiger partial charge in [0.25, 0.3) is 0 Å². The maximum Gasteiger partial charge on any atom is 0.0791 e. The van der Waals surface area contributed by atoms with Gasteiger partial charge in [-0.25, -0.2) is 0 Å². The lowest BCUT2D eigenvalue weighted by Gasteiger charge is -2.48. The number of nitrogens with one attached hydrogen (secondary N) is 1. The molecular formula is C15H30N2O2. The van der Waals surface area contributed by atoms with Gasteiger partial charge in [0.1, 0.15) is 0 Å². The first-order chi connectivity index (χ1) is 9.03. The zero-order valence-corrected chi connectivity index (χ0v) is 12.7. The van der Waals surface area contributed by atoms with Gasteiger partial charge in [0.05, 0.1) is 17.2 Å². The van der Waals surface area contributed by atoms with Crippen LogP contribution in [0.5, 0.6) is 0 Å². The number of rotatable bonds is 4. The monoisotopic (exact) mass is 270 g/mol. The summed E-state index contributed by atoms with van der Waals surface area (Å²) in [6, 6.07) is 0.181. The molecule has 19 heavy (non-hydrogen) atoms. The van der Waals surface area contributed by atoms with Gasteiger partial charge in [-0.15, -0.1) is 0 Å². The van der Waals surface area contributed by atoms with E-state index in [4.69, 9.17) is 15.3 Å². The quantitative estimate of drug-likeness (QED) is 0.608. The van der Waals surface area contributed by atoms with Gasteiger partial charge in [0.2, 0.25) is 0 Å². The van der Waals surface area contributed by atoms with Crippen molar-refractivity contribution in [3.8, 4) is 0 Å². The molecule has 2 unspecified atom stereocenters. The normalized spacial score (nSPS) is 29.4. The maximum atomic E-state index is 6.17. The van der Waals surface area contributed by atoms with E-state index in [0.717, 1.165) is 19.4 Å².